The maximum Gasteiger partial charge on any atom is 0.261 e. The number of carbonyl (C=O) groups is 2. The van der Waals surface area contributed by atoms with E-state index in [0.717, 1.165) is 5.56 Å². The van der Waals surface area contributed by atoms with Gasteiger partial charge in [-0.2, -0.15) is 0 Å². The van der Waals surface area contributed by atoms with E-state index in [2.05, 4.69) is 15.4 Å². The van der Waals surface area contributed by atoms with E-state index in [1.807, 2.05) is 0 Å². The maximum absolute atomic E-state index is 12.7. The second kappa shape index (κ2) is 9.63. The monoisotopic (exact) mass is 457 g/mol. The van der Waals surface area contributed by atoms with E-state index in [1.54, 1.807) is 49.5 Å². The van der Waals surface area contributed by atoms with Gasteiger partial charge in [0.25, 0.3) is 21.8 Å². The van der Waals surface area contributed by atoms with Crippen molar-refractivity contribution in [2.45, 2.75) is 11.4 Å². The molecule has 0 saturated carbocycles. The number of nitrogens with one attached hydrogen (secondary N) is 3. The molecule has 160 valence electrons. The van der Waals surface area contributed by atoms with Gasteiger partial charge in [0.1, 0.15) is 0 Å². The largest absolute Gasteiger partial charge is 0.355 e. The van der Waals surface area contributed by atoms with Crippen molar-refractivity contribution in [3.8, 4) is 0 Å². The molecule has 0 aliphatic rings. The molecule has 7 nitrogen and oxygen atoms in total. The lowest BCUT2D eigenvalue weighted by molar-refractivity contribution is 0.0948. The van der Waals surface area contributed by atoms with E-state index in [1.165, 1.54) is 30.3 Å². The van der Waals surface area contributed by atoms with Crippen LogP contribution in [0.2, 0.25) is 5.02 Å². The molecule has 0 aliphatic carbocycles. The van der Waals surface area contributed by atoms with Crippen molar-refractivity contribution in [2.75, 3.05) is 11.8 Å². The molecule has 3 rings (SSSR count). The van der Waals surface area contributed by atoms with Gasteiger partial charge >= 0.3 is 0 Å². The van der Waals surface area contributed by atoms with Gasteiger partial charge in [0.05, 0.1) is 10.6 Å². The highest BCUT2D eigenvalue weighted by Crippen LogP contribution is 2.20. The van der Waals surface area contributed by atoms with Crippen molar-refractivity contribution in [1.82, 2.24) is 10.6 Å². The van der Waals surface area contributed by atoms with Crippen LogP contribution < -0.4 is 15.4 Å². The quantitative estimate of drug-likeness (QED) is 0.505. The average Bonchev–Trinajstić information content (AvgIpc) is 2.77. The first-order valence-electron chi connectivity index (χ1n) is 9.26. The summed E-state index contributed by atoms with van der Waals surface area (Å²) in [6.45, 7) is 0.182. The molecule has 0 aromatic heterocycles. The molecule has 2 amide bonds. The van der Waals surface area contributed by atoms with E-state index < -0.39 is 15.9 Å². The fourth-order valence-electron chi connectivity index (χ4n) is 2.82. The number of hydrogen-bond donors (Lipinski definition) is 3. The SMILES string of the molecule is CNC(=O)c1cccc(CNC(=O)c2cccc(S(=O)(=O)Nc3cccc(Cl)c3)c2)c1. The van der Waals surface area contributed by atoms with Gasteiger partial charge in [0.15, 0.2) is 0 Å². The van der Waals surface area contributed by atoms with Crippen molar-refractivity contribution in [3.05, 3.63) is 94.5 Å². The summed E-state index contributed by atoms with van der Waals surface area (Å²) >= 11 is 5.90. The van der Waals surface area contributed by atoms with Crippen molar-refractivity contribution in [3.63, 3.8) is 0 Å². The Balaban J connectivity index is 1.72. The molecule has 31 heavy (non-hydrogen) atoms. The molecule has 0 atom stereocenters. The van der Waals surface area contributed by atoms with Gasteiger partial charge in [0.2, 0.25) is 0 Å². The number of carbonyl (C=O) groups excluding carboxylic acids is 2. The number of hydrogen-bond acceptors (Lipinski definition) is 4. The minimum atomic E-state index is -3.90. The van der Waals surface area contributed by atoms with Crippen molar-refractivity contribution >= 4 is 39.1 Å². The average molecular weight is 458 g/mol. The van der Waals surface area contributed by atoms with Crippen LogP contribution >= 0.6 is 11.6 Å². The zero-order valence-corrected chi connectivity index (χ0v) is 18.1. The second-order valence-corrected chi connectivity index (χ2v) is 8.72. The smallest absolute Gasteiger partial charge is 0.261 e. The van der Waals surface area contributed by atoms with Crippen LogP contribution in [0.3, 0.4) is 0 Å². The first-order chi connectivity index (χ1) is 14.8. The van der Waals surface area contributed by atoms with E-state index >= 15 is 0 Å². The molecular weight excluding hydrogens is 438 g/mol. The number of rotatable bonds is 7. The zero-order valence-electron chi connectivity index (χ0n) is 16.6. The molecule has 0 saturated heterocycles. The molecule has 0 spiro atoms. The number of benzene rings is 3. The zero-order chi connectivity index (χ0) is 22.4. The summed E-state index contributed by atoms with van der Waals surface area (Å²) < 4.78 is 27.8. The van der Waals surface area contributed by atoms with Crippen LogP contribution in [-0.4, -0.2) is 27.3 Å². The predicted octanol–water partition coefficient (Wildman–Crippen LogP) is 3.43. The third-order valence-electron chi connectivity index (χ3n) is 4.35. The molecule has 0 aliphatic heterocycles. The van der Waals surface area contributed by atoms with E-state index in [-0.39, 0.29) is 22.9 Å². The van der Waals surface area contributed by atoms with Crippen molar-refractivity contribution < 1.29 is 18.0 Å². The Morgan fingerprint density at radius 3 is 2.26 bits per heavy atom. The fourth-order valence-corrected chi connectivity index (χ4v) is 4.11. The Morgan fingerprint density at radius 1 is 0.871 bits per heavy atom. The Kier molecular flexibility index (Phi) is 6.94. The summed E-state index contributed by atoms with van der Waals surface area (Å²) in [5.74, 6) is -0.663. The summed E-state index contributed by atoms with van der Waals surface area (Å²) in [7, 11) is -2.36. The van der Waals surface area contributed by atoms with Crippen LogP contribution in [0.25, 0.3) is 0 Å². The topological polar surface area (TPSA) is 104 Å². The summed E-state index contributed by atoms with van der Waals surface area (Å²) in [5, 5.41) is 5.67. The first kappa shape index (κ1) is 22.3. The van der Waals surface area contributed by atoms with Crippen LogP contribution in [-0.2, 0) is 16.6 Å². The second-order valence-electron chi connectivity index (χ2n) is 6.61. The molecule has 0 bridgehead atoms. The maximum atomic E-state index is 12.7. The molecular formula is C22H20ClN3O4S. The summed E-state index contributed by atoms with van der Waals surface area (Å²) in [6, 6.07) is 18.9. The lowest BCUT2D eigenvalue weighted by Crippen LogP contribution is -2.24. The fraction of sp³-hybridized carbons (Fsp3) is 0.0909. The molecule has 3 aromatic carbocycles. The lowest BCUT2D eigenvalue weighted by Gasteiger charge is -2.10. The number of halogens is 1. The summed E-state index contributed by atoms with van der Waals surface area (Å²) in [6.07, 6.45) is 0. The Hall–Kier alpha value is -3.36. The van der Waals surface area contributed by atoms with Crippen LogP contribution in [0.5, 0.6) is 0 Å². The van der Waals surface area contributed by atoms with Crippen LogP contribution in [0, 0.1) is 0 Å². The van der Waals surface area contributed by atoms with E-state index in [9.17, 15) is 18.0 Å². The molecule has 3 aromatic rings. The first-order valence-corrected chi connectivity index (χ1v) is 11.1. The van der Waals surface area contributed by atoms with Crippen molar-refractivity contribution in [1.29, 1.82) is 0 Å². The minimum absolute atomic E-state index is 0.0539. The highest BCUT2D eigenvalue weighted by atomic mass is 35.5. The number of amides is 2. The Bertz CT molecular complexity index is 1230. The van der Waals surface area contributed by atoms with E-state index in [4.69, 9.17) is 11.6 Å². The summed E-state index contributed by atoms with van der Waals surface area (Å²) in [4.78, 5) is 24.2. The van der Waals surface area contributed by atoms with E-state index in [0.29, 0.717) is 16.3 Å². The molecule has 9 heteroatoms. The number of sulfonamides is 1. The molecule has 0 heterocycles. The number of anilines is 1. The minimum Gasteiger partial charge on any atom is -0.355 e. The van der Waals surface area contributed by atoms with Gasteiger partial charge in [0, 0.05) is 29.7 Å². The molecule has 3 N–H and O–H groups in total. The Morgan fingerprint density at radius 2 is 1.55 bits per heavy atom. The van der Waals surface area contributed by atoms with Crippen LogP contribution in [0.4, 0.5) is 5.69 Å². The predicted molar refractivity (Wildman–Crippen MR) is 120 cm³/mol. The van der Waals surface area contributed by atoms with Crippen molar-refractivity contribution in [2.24, 2.45) is 0 Å². The highest BCUT2D eigenvalue weighted by molar-refractivity contribution is 7.92. The van der Waals surface area contributed by atoms with Gasteiger partial charge < -0.3 is 10.6 Å². The van der Waals surface area contributed by atoms with Gasteiger partial charge in [-0.15, -0.1) is 0 Å². The molecule has 0 fully saturated rings. The normalized spacial score (nSPS) is 10.9. The van der Waals surface area contributed by atoms with Crippen LogP contribution in [0.15, 0.2) is 77.7 Å². The van der Waals surface area contributed by atoms with Crippen LogP contribution in [0.1, 0.15) is 26.3 Å². The third-order valence-corrected chi connectivity index (χ3v) is 5.97. The van der Waals surface area contributed by atoms with Gasteiger partial charge in [-0.25, -0.2) is 8.42 Å². The Labute approximate surface area is 185 Å². The highest BCUT2D eigenvalue weighted by Gasteiger charge is 2.17. The van der Waals surface area contributed by atoms with Gasteiger partial charge in [-0.3, -0.25) is 14.3 Å². The third kappa shape index (κ3) is 5.84. The standard InChI is InChI=1S/C22H20ClN3O4S/c1-24-21(27)16-6-2-5-15(11-16)14-25-22(28)17-7-3-10-20(12-17)31(29,30)26-19-9-4-8-18(23)13-19/h2-13,26H,14H2,1H3,(H,24,27)(H,25,28). The molecule has 0 unspecified atom stereocenters. The molecule has 0 radical (unpaired) electrons. The van der Waals surface area contributed by atoms with Gasteiger partial charge in [-0.05, 0) is 54.1 Å². The van der Waals surface area contributed by atoms with Gasteiger partial charge in [-0.1, -0.05) is 35.9 Å². The summed E-state index contributed by atoms with van der Waals surface area (Å²) in [5.41, 5.74) is 1.73. The lowest BCUT2D eigenvalue weighted by atomic mass is 10.1.